The third kappa shape index (κ3) is 3.24. The maximum absolute atomic E-state index is 6.26. The van der Waals surface area contributed by atoms with E-state index in [0.717, 1.165) is 23.4 Å². The van der Waals surface area contributed by atoms with Gasteiger partial charge >= 0.3 is 0 Å². The molecule has 1 heterocycles. The molecule has 0 spiro atoms. The molecule has 0 aliphatic rings. The summed E-state index contributed by atoms with van der Waals surface area (Å²) >= 11 is 11.2. The number of benzene rings is 1. The van der Waals surface area contributed by atoms with Gasteiger partial charge in [-0.15, -0.1) is 0 Å². The van der Waals surface area contributed by atoms with E-state index in [-0.39, 0.29) is 0 Å². The van der Waals surface area contributed by atoms with Gasteiger partial charge in [0.1, 0.15) is 4.99 Å². The number of nitrogens with two attached hydrogens (primary N) is 1. The lowest BCUT2D eigenvalue weighted by molar-refractivity contribution is 0.766. The fourth-order valence-corrected chi connectivity index (χ4v) is 2.33. The predicted molar refractivity (Wildman–Crippen MR) is 82.7 cm³/mol. The lowest BCUT2D eigenvalue weighted by Gasteiger charge is -2.20. The van der Waals surface area contributed by atoms with E-state index in [2.05, 4.69) is 10.00 Å². The van der Waals surface area contributed by atoms with Crippen molar-refractivity contribution in [1.82, 2.24) is 9.78 Å². The molecule has 0 fully saturated rings. The molecular weight excluding hydrogens is 280 g/mol. The van der Waals surface area contributed by atoms with Crippen LogP contribution in [0.2, 0.25) is 5.02 Å². The molecule has 2 aromatic rings. The highest BCUT2D eigenvalue weighted by atomic mass is 35.5. The van der Waals surface area contributed by atoms with Crippen LogP contribution in [0.25, 0.3) is 0 Å². The molecule has 100 valence electrons. The molecule has 0 saturated carbocycles. The van der Waals surface area contributed by atoms with Gasteiger partial charge in [0.05, 0.1) is 16.9 Å². The summed E-state index contributed by atoms with van der Waals surface area (Å²) in [6.07, 6.45) is 3.82. The number of anilines is 1. The Morgan fingerprint density at radius 2 is 2.26 bits per heavy atom. The van der Waals surface area contributed by atoms with Crippen molar-refractivity contribution in [2.75, 3.05) is 11.9 Å². The third-order valence-corrected chi connectivity index (χ3v) is 3.36. The quantitative estimate of drug-likeness (QED) is 0.879. The van der Waals surface area contributed by atoms with Crippen LogP contribution >= 0.6 is 23.8 Å². The fourth-order valence-electron chi connectivity index (χ4n) is 1.88. The van der Waals surface area contributed by atoms with Gasteiger partial charge in [-0.2, -0.15) is 5.10 Å². The molecule has 1 aromatic carbocycles. The van der Waals surface area contributed by atoms with E-state index >= 15 is 0 Å². The first-order valence-electron chi connectivity index (χ1n) is 5.75. The largest absolute Gasteiger partial charge is 0.389 e. The molecule has 0 saturated heterocycles. The number of nitrogens with zero attached hydrogens (tertiary/aromatic N) is 3. The second-order valence-electron chi connectivity index (χ2n) is 4.41. The van der Waals surface area contributed by atoms with Gasteiger partial charge in [-0.05, 0) is 18.2 Å². The van der Waals surface area contributed by atoms with Crippen LogP contribution in [0.15, 0.2) is 30.6 Å². The molecule has 2 rings (SSSR count). The Hall–Kier alpha value is -1.59. The lowest BCUT2D eigenvalue weighted by Crippen LogP contribution is -2.17. The van der Waals surface area contributed by atoms with Crippen LogP contribution in [0.1, 0.15) is 11.1 Å². The van der Waals surface area contributed by atoms with Crippen LogP contribution in [-0.2, 0) is 13.6 Å². The summed E-state index contributed by atoms with van der Waals surface area (Å²) in [6.45, 7) is 0.736. The van der Waals surface area contributed by atoms with Crippen LogP contribution in [0.3, 0.4) is 0 Å². The van der Waals surface area contributed by atoms with E-state index in [1.165, 1.54) is 0 Å². The zero-order chi connectivity index (χ0) is 14.0. The predicted octanol–water partition coefficient (Wildman–Crippen LogP) is 2.34. The molecule has 0 unspecified atom stereocenters. The number of halogens is 1. The highest BCUT2D eigenvalue weighted by Gasteiger charge is 2.09. The maximum Gasteiger partial charge on any atom is 0.104 e. The van der Waals surface area contributed by atoms with E-state index in [1.807, 2.05) is 38.6 Å². The fraction of sp³-hybridized carbons (Fsp3) is 0.231. The Labute approximate surface area is 122 Å². The molecular formula is C13H15ClN4S. The van der Waals surface area contributed by atoms with Gasteiger partial charge in [0, 0.05) is 38.0 Å². The van der Waals surface area contributed by atoms with Gasteiger partial charge in [-0.25, -0.2) is 0 Å². The van der Waals surface area contributed by atoms with Crippen LogP contribution in [0.5, 0.6) is 0 Å². The Bertz CT molecular complexity index is 608. The zero-order valence-electron chi connectivity index (χ0n) is 10.8. The lowest BCUT2D eigenvalue weighted by atomic mass is 10.2. The standard InChI is InChI=1S/C13H15ClN4S/c1-17(7-9-6-16-18(2)8-9)12-4-3-10(13(15)19)5-11(12)14/h3-6,8H,7H2,1-2H3,(H2,15,19). The van der Waals surface area contributed by atoms with Crippen LogP contribution < -0.4 is 10.6 Å². The zero-order valence-corrected chi connectivity index (χ0v) is 12.4. The summed E-state index contributed by atoms with van der Waals surface area (Å²) in [5.74, 6) is 0. The third-order valence-electron chi connectivity index (χ3n) is 2.82. The van der Waals surface area contributed by atoms with Crippen LogP contribution in [0, 0.1) is 0 Å². The summed E-state index contributed by atoms with van der Waals surface area (Å²) < 4.78 is 1.78. The summed E-state index contributed by atoms with van der Waals surface area (Å²) in [4.78, 5) is 2.41. The van der Waals surface area contributed by atoms with E-state index < -0.39 is 0 Å². The van der Waals surface area contributed by atoms with Crippen molar-refractivity contribution in [3.63, 3.8) is 0 Å². The molecule has 0 radical (unpaired) electrons. The smallest absolute Gasteiger partial charge is 0.104 e. The van der Waals surface area contributed by atoms with E-state index in [1.54, 1.807) is 10.7 Å². The molecule has 2 N–H and O–H groups in total. The minimum atomic E-state index is 0.350. The Kier molecular flexibility index (Phi) is 4.07. The molecule has 0 aliphatic carbocycles. The highest BCUT2D eigenvalue weighted by molar-refractivity contribution is 7.80. The number of hydrogen-bond donors (Lipinski definition) is 1. The van der Waals surface area contributed by atoms with E-state index in [9.17, 15) is 0 Å². The van der Waals surface area contributed by atoms with Crippen LogP contribution in [-0.4, -0.2) is 21.8 Å². The highest BCUT2D eigenvalue weighted by Crippen LogP contribution is 2.27. The maximum atomic E-state index is 6.26. The van der Waals surface area contributed by atoms with E-state index in [0.29, 0.717) is 10.0 Å². The molecule has 0 atom stereocenters. The number of hydrogen-bond acceptors (Lipinski definition) is 3. The van der Waals surface area contributed by atoms with Crippen molar-refractivity contribution in [3.05, 3.63) is 46.7 Å². The molecule has 0 bridgehead atoms. The van der Waals surface area contributed by atoms with Crippen molar-refractivity contribution in [3.8, 4) is 0 Å². The number of aromatic nitrogens is 2. The Morgan fingerprint density at radius 3 is 2.79 bits per heavy atom. The molecule has 4 nitrogen and oxygen atoms in total. The normalized spacial score (nSPS) is 10.5. The van der Waals surface area contributed by atoms with Crippen molar-refractivity contribution in [2.45, 2.75) is 6.54 Å². The molecule has 0 amide bonds. The summed E-state index contributed by atoms with van der Waals surface area (Å²) in [6, 6.07) is 5.59. The monoisotopic (exact) mass is 294 g/mol. The van der Waals surface area contributed by atoms with Crippen molar-refractivity contribution in [2.24, 2.45) is 12.8 Å². The SMILES string of the molecule is CN(Cc1cnn(C)c1)c1ccc(C(N)=S)cc1Cl. The minimum Gasteiger partial charge on any atom is -0.389 e. The van der Waals surface area contributed by atoms with Gasteiger partial charge in [-0.1, -0.05) is 23.8 Å². The van der Waals surface area contributed by atoms with Crippen molar-refractivity contribution < 1.29 is 0 Å². The average molecular weight is 295 g/mol. The number of aryl methyl sites for hydroxylation is 1. The first kappa shape index (κ1) is 13.8. The molecule has 1 aromatic heterocycles. The first-order chi connectivity index (χ1) is 8.97. The van der Waals surface area contributed by atoms with Gasteiger partial charge < -0.3 is 10.6 Å². The number of rotatable bonds is 4. The topological polar surface area (TPSA) is 47.1 Å². The van der Waals surface area contributed by atoms with Crippen LogP contribution in [0.4, 0.5) is 5.69 Å². The number of thiocarbonyl (C=S) groups is 1. The summed E-state index contributed by atoms with van der Waals surface area (Å²) in [5, 5.41) is 4.78. The second kappa shape index (κ2) is 5.59. The Balaban J connectivity index is 2.19. The van der Waals surface area contributed by atoms with E-state index in [4.69, 9.17) is 29.6 Å². The molecule has 0 aliphatic heterocycles. The van der Waals surface area contributed by atoms with Crippen molar-refractivity contribution >= 4 is 34.5 Å². The van der Waals surface area contributed by atoms with Gasteiger partial charge in [-0.3, -0.25) is 4.68 Å². The van der Waals surface area contributed by atoms with Gasteiger partial charge in [0.2, 0.25) is 0 Å². The van der Waals surface area contributed by atoms with Gasteiger partial charge in [0.25, 0.3) is 0 Å². The van der Waals surface area contributed by atoms with Gasteiger partial charge in [0.15, 0.2) is 0 Å². The Morgan fingerprint density at radius 1 is 1.53 bits per heavy atom. The molecule has 6 heteroatoms. The molecule has 19 heavy (non-hydrogen) atoms. The second-order valence-corrected chi connectivity index (χ2v) is 5.26. The minimum absolute atomic E-state index is 0.350. The average Bonchev–Trinajstić information content (AvgIpc) is 2.74. The summed E-state index contributed by atoms with van der Waals surface area (Å²) in [7, 11) is 3.88. The first-order valence-corrected chi connectivity index (χ1v) is 6.54. The summed E-state index contributed by atoms with van der Waals surface area (Å²) in [5.41, 5.74) is 8.42. The van der Waals surface area contributed by atoms with Crippen molar-refractivity contribution in [1.29, 1.82) is 0 Å².